The van der Waals surface area contributed by atoms with Gasteiger partial charge in [-0.3, -0.25) is 4.98 Å². The standard InChI is InChI=1S/C20H28N8/c21-15-6-8-16(9-7-15)26-20-27-18(17-19(28-20)25-13-24-17)23-11-10-22-12-14-4-2-1-3-5-14/h1-5,13,15-16,22H,6-12,21H2,(H3,23,24,25,26,27,28)/p+1. The fourth-order valence-corrected chi connectivity index (χ4v) is 3.61. The Balaban J connectivity index is 1.34. The van der Waals surface area contributed by atoms with Crippen molar-refractivity contribution in [1.29, 1.82) is 0 Å². The molecule has 0 aliphatic heterocycles. The number of nitrogens with one attached hydrogen (secondary N) is 5. The molecule has 0 amide bonds. The Labute approximate surface area is 164 Å². The second-order valence-electron chi connectivity index (χ2n) is 7.40. The fourth-order valence-electron chi connectivity index (χ4n) is 3.61. The zero-order chi connectivity index (χ0) is 19.2. The van der Waals surface area contributed by atoms with E-state index >= 15 is 0 Å². The van der Waals surface area contributed by atoms with Crippen molar-refractivity contribution in [2.75, 3.05) is 23.7 Å². The minimum Gasteiger partial charge on any atom is -0.366 e. The summed E-state index contributed by atoms with van der Waals surface area (Å²) in [6.45, 7) is 2.47. The Bertz CT molecular complexity index is 870. The molecule has 4 rings (SSSR count). The molecule has 148 valence electrons. The predicted molar refractivity (Wildman–Crippen MR) is 111 cm³/mol. The molecule has 8 heteroatoms. The minimum atomic E-state index is 0.333. The Morgan fingerprint density at radius 2 is 1.89 bits per heavy atom. The molecular formula is C20H29N8+. The quantitative estimate of drug-likeness (QED) is 0.379. The summed E-state index contributed by atoms with van der Waals surface area (Å²) in [7, 11) is 0. The van der Waals surface area contributed by atoms with Crippen LogP contribution in [-0.2, 0) is 6.54 Å². The van der Waals surface area contributed by atoms with E-state index in [0.29, 0.717) is 18.0 Å². The van der Waals surface area contributed by atoms with Crippen LogP contribution in [-0.4, -0.2) is 40.1 Å². The van der Waals surface area contributed by atoms with Gasteiger partial charge in [0.2, 0.25) is 5.52 Å². The summed E-state index contributed by atoms with van der Waals surface area (Å²) in [5.41, 5.74) is 8.97. The van der Waals surface area contributed by atoms with Crippen molar-refractivity contribution in [1.82, 2.24) is 20.3 Å². The van der Waals surface area contributed by atoms with Gasteiger partial charge in [0.15, 0.2) is 12.1 Å². The monoisotopic (exact) mass is 381 g/mol. The molecule has 0 spiro atoms. The van der Waals surface area contributed by atoms with E-state index < -0.39 is 0 Å². The molecule has 3 aromatic rings. The Hall–Kier alpha value is -2.71. The molecule has 1 aliphatic rings. The summed E-state index contributed by atoms with van der Waals surface area (Å²) in [6, 6.07) is 11.1. The van der Waals surface area contributed by atoms with Gasteiger partial charge in [0.05, 0.1) is 0 Å². The van der Waals surface area contributed by atoms with Crippen molar-refractivity contribution < 1.29 is 4.98 Å². The van der Waals surface area contributed by atoms with Gasteiger partial charge in [-0.15, -0.1) is 0 Å². The van der Waals surface area contributed by atoms with Gasteiger partial charge in [-0.1, -0.05) is 35.3 Å². The average molecular weight is 382 g/mol. The molecule has 1 aliphatic carbocycles. The van der Waals surface area contributed by atoms with Crippen molar-refractivity contribution in [3.63, 3.8) is 0 Å². The van der Waals surface area contributed by atoms with Gasteiger partial charge in [-0.05, 0) is 31.2 Å². The van der Waals surface area contributed by atoms with Crippen LogP contribution in [0.2, 0.25) is 0 Å². The van der Waals surface area contributed by atoms with Crippen LogP contribution < -0.4 is 26.7 Å². The van der Waals surface area contributed by atoms with Crippen molar-refractivity contribution in [2.24, 2.45) is 5.73 Å². The van der Waals surface area contributed by atoms with Crippen molar-refractivity contribution in [2.45, 2.75) is 44.3 Å². The van der Waals surface area contributed by atoms with E-state index in [0.717, 1.165) is 62.3 Å². The summed E-state index contributed by atoms with van der Waals surface area (Å²) in [5.74, 6) is 1.46. The third-order valence-corrected chi connectivity index (χ3v) is 5.21. The summed E-state index contributed by atoms with van der Waals surface area (Å²) in [5, 5.41) is 10.3. The highest BCUT2D eigenvalue weighted by atomic mass is 15.2. The molecule has 1 saturated carbocycles. The smallest absolute Gasteiger partial charge is 0.307 e. The van der Waals surface area contributed by atoms with Gasteiger partial charge in [-0.25, -0.2) is 4.98 Å². The Kier molecular flexibility index (Phi) is 5.98. The lowest BCUT2D eigenvalue weighted by Gasteiger charge is -2.26. The van der Waals surface area contributed by atoms with Crippen LogP contribution in [0.5, 0.6) is 0 Å². The van der Waals surface area contributed by atoms with Crippen LogP contribution in [0.4, 0.5) is 11.8 Å². The summed E-state index contributed by atoms with van der Waals surface area (Å²) >= 11 is 0. The molecule has 2 aromatic heterocycles. The minimum absolute atomic E-state index is 0.333. The van der Waals surface area contributed by atoms with Crippen LogP contribution in [0.3, 0.4) is 0 Å². The zero-order valence-corrected chi connectivity index (χ0v) is 16.0. The Morgan fingerprint density at radius 3 is 2.71 bits per heavy atom. The van der Waals surface area contributed by atoms with E-state index in [1.165, 1.54) is 5.56 Å². The van der Waals surface area contributed by atoms with Crippen LogP contribution >= 0.6 is 0 Å². The van der Waals surface area contributed by atoms with Crippen molar-refractivity contribution >= 4 is 22.9 Å². The van der Waals surface area contributed by atoms with Gasteiger partial charge in [-0.2, -0.15) is 4.98 Å². The third kappa shape index (κ3) is 4.76. The average Bonchev–Trinajstić information content (AvgIpc) is 3.19. The number of rotatable bonds is 8. The van der Waals surface area contributed by atoms with E-state index in [9.17, 15) is 0 Å². The number of benzene rings is 1. The van der Waals surface area contributed by atoms with E-state index in [4.69, 9.17) is 10.7 Å². The fraction of sp³-hybridized carbons (Fsp3) is 0.450. The first kappa shape index (κ1) is 18.6. The van der Waals surface area contributed by atoms with Gasteiger partial charge in [0.25, 0.3) is 0 Å². The number of H-pyrrole nitrogens is 2. The molecule has 8 nitrogen and oxygen atoms in total. The number of hydrogen-bond acceptors (Lipinski definition) is 6. The molecule has 1 fully saturated rings. The lowest BCUT2D eigenvalue weighted by molar-refractivity contribution is -0.347. The van der Waals surface area contributed by atoms with Crippen molar-refractivity contribution in [3.8, 4) is 0 Å². The number of anilines is 2. The topological polar surface area (TPSA) is 118 Å². The highest BCUT2D eigenvalue weighted by Gasteiger charge is 2.22. The molecule has 0 bridgehead atoms. The van der Waals surface area contributed by atoms with E-state index in [1.807, 2.05) is 6.07 Å². The molecule has 0 atom stereocenters. The molecule has 1 aromatic carbocycles. The first-order valence-corrected chi connectivity index (χ1v) is 10.1. The van der Waals surface area contributed by atoms with Crippen LogP contribution in [0.25, 0.3) is 11.2 Å². The number of aromatic amines is 2. The SMILES string of the molecule is NC1CCC(Nc2nc(NCCNCc3ccccc3)c3[nH]c[nH+]c3n2)CC1. The number of fused-ring (bicyclic) bond motifs is 1. The number of aromatic nitrogens is 4. The van der Waals surface area contributed by atoms with E-state index in [1.54, 1.807) is 6.33 Å². The van der Waals surface area contributed by atoms with Crippen LogP contribution in [0.1, 0.15) is 31.2 Å². The maximum Gasteiger partial charge on any atom is 0.307 e. The normalized spacial score (nSPS) is 19.6. The largest absolute Gasteiger partial charge is 0.366 e. The molecule has 0 radical (unpaired) electrons. The summed E-state index contributed by atoms with van der Waals surface area (Å²) in [6.07, 6.45) is 6.00. The lowest BCUT2D eigenvalue weighted by atomic mass is 9.92. The van der Waals surface area contributed by atoms with Gasteiger partial charge >= 0.3 is 11.6 Å². The second-order valence-corrected chi connectivity index (χ2v) is 7.40. The number of hydrogen-bond donors (Lipinski definition) is 5. The first-order chi connectivity index (χ1) is 13.8. The van der Waals surface area contributed by atoms with Gasteiger partial charge in [0, 0.05) is 31.7 Å². The maximum atomic E-state index is 6.01. The van der Waals surface area contributed by atoms with Crippen LogP contribution in [0.15, 0.2) is 36.7 Å². The molecule has 28 heavy (non-hydrogen) atoms. The first-order valence-electron chi connectivity index (χ1n) is 10.1. The summed E-state index contributed by atoms with van der Waals surface area (Å²) in [4.78, 5) is 15.6. The molecule has 0 unspecified atom stereocenters. The molecule has 2 heterocycles. The maximum absolute atomic E-state index is 6.01. The molecular weight excluding hydrogens is 352 g/mol. The lowest BCUT2D eigenvalue weighted by Crippen LogP contribution is -2.33. The number of imidazole rings is 1. The predicted octanol–water partition coefficient (Wildman–Crippen LogP) is 1.66. The van der Waals surface area contributed by atoms with Crippen LogP contribution in [0, 0.1) is 0 Å². The van der Waals surface area contributed by atoms with Crippen molar-refractivity contribution in [3.05, 3.63) is 42.2 Å². The molecule has 0 saturated heterocycles. The second kappa shape index (κ2) is 8.99. The highest BCUT2D eigenvalue weighted by Crippen LogP contribution is 2.22. The summed E-state index contributed by atoms with van der Waals surface area (Å²) < 4.78 is 0. The third-order valence-electron chi connectivity index (χ3n) is 5.21. The zero-order valence-electron chi connectivity index (χ0n) is 16.0. The number of nitrogens with zero attached hydrogens (tertiary/aromatic N) is 2. The molecule has 7 N–H and O–H groups in total. The Morgan fingerprint density at radius 1 is 1.07 bits per heavy atom. The van der Waals surface area contributed by atoms with Gasteiger partial charge in [0.1, 0.15) is 0 Å². The van der Waals surface area contributed by atoms with E-state index in [2.05, 4.69) is 55.2 Å². The van der Waals surface area contributed by atoms with E-state index in [-0.39, 0.29) is 0 Å². The van der Waals surface area contributed by atoms with Gasteiger partial charge < -0.3 is 21.7 Å². The highest BCUT2D eigenvalue weighted by molar-refractivity contribution is 5.81. The number of nitrogens with two attached hydrogens (primary N) is 1.